The quantitative estimate of drug-likeness (QED) is 0.265. The molecule has 0 bridgehead atoms. The van der Waals surface area contributed by atoms with Crippen LogP contribution in [0.3, 0.4) is 0 Å². The normalized spacial score (nSPS) is 15.9. The van der Waals surface area contributed by atoms with Crippen LogP contribution < -0.4 is 10.9 Å². The number of hydrogen-bond donors (Lipinski definition) is 2. The van der Waals surface area contributed by atoms with Gasteiger partial charge in [0, 0.05) is 37.2 Å². The van der Waals surface area contributed by atoms with E-state index in [9.17, 15) is 23.9 Å². The zero-order chi connectivity index (χ0) is 33.2. The van der Waals surface area contributed by atoms with E-state index in [1.807, 2.05) is 50.8 Å². The first kappa shape index (κ1) is 34.0. The van der Waals surface area contributed by atoms with E-state index in [0.29, 0.717) is 42.9 Å². The van der Waals surface area contributed by atoms with E-state index >= 15 is 4.39 Å². The van der Waals surface area contributed by atoms with Gasteiger partial charge in [0.15, 0.2) is 0 Å². The number of rotatable bonds is 12. The molecule has 2 heterocycles. The number of carboxylic acids is 1. The second-order valence-corrected chi connectivity index (χ2v) is 13.2. The second kappa shape index (κ2) is 13.6. The highest BCUT2D eigenvalue weighted by Crippen LogP contribution is 2.33. The fourth-order valence-corrected chi connectivity index (χ4v) is 6.27. The highest BCUT2D eigenvalue weighted by Gasteiger charge is 2.38. The fraction of sp³-hybridized carbons (Fsp3) is 0.486. The predicted molar refractivity (Wildman–Crippen MR) is 171 cm³/mol. The van der Waals surface area contributed by atoms with Crippen LogP contribution in [0.25, 0.3) is 11.1 Å². The summed E-state index contributed by atoms with van der Waals surface area (Å²) in [4.78, 5) is 41.3. The maximum Gasteiger partial charge on any atom is 0.305 e. The molecule has 1 saturated heterocycles. The number of carbonyl (C=O) groups excluding carboxylic acids is 1. The largest absolute Gasteiger partial charge is 0.481 e. The first-order valence-electron chi connectivity index (χ1n) is 15.5. The van der Waals surface area contributed by atoms with Crippen molar-refractivity contribution in [2.75, 3.05) is 19.6 Å². The minimum atomic E-state index is -1.21. The highest BCUT2D eigenvalue weighted by molar-refractivity contribution is 5.82. The van der Waals surface area contributed by atoms with Crippen LogP contribution in [0, 0.1) is 39.4 Å². The average molecular weight is 623 g/mol. The topological polar surface area (TPSA) is 105 Å². The third kappa shape index (κ3) is 8.03. The molecule has 8 nitrogen and oxygen atoms in total. The number of amides is 1. The lowest BCUT2D eigenvalue weighted by Crippen LogP contribution is -2.57. The molecule has 1 aromatic heterocycles. The zero-order valence-corrected chi connectivity index (χ0v) is 27.2. The number of aliphatic carboxylic acids is 1. The third-order valence-corrected chi connectivity index (χ3v) is 8.37. The lowest BCUT2D eigenvalue weighted by atomic mass is 9.90. The van der Waals surface area contributed by atoms with Crippen molar-refractivity contribution >= 4 is 11.9 Å². The minimum absolute atomic E-state index is 0.0222. The first-order valence-corrected chi connectivity index (χ1v) is 15.5. The van der Waals surface area contributed by atoms with Crippen molar-refractivity contribution in [3.05, 3.63) is 86.1 Å². The molecular formula is C35H44F2N4O4. The van der Waals surface area contributed by atoms with Crippen LogP contribution in [-0.2, 0) is 16.0 Å². The molecule has 0 spiro atoms. The van der Waals surface area contributed by atoms with Gasteiger partial charge in [0.05, 0.1) is 18.2 Å². The number of nitrogens with zero attached hydrogens (tertiary/aromatic N) is 3. The Morgan fingerprint density at radius 2 is 1.69 bits per heavy atom. The van der Waals surface area contributed by atoms with Crippen LogP contribution in [0.2, 0.25) is 0 Å². The monoisotopic (exact) mass is 622 g/mol. The Balaban J connectivity index is 1.70. The van der Waals surface area contributed by atoms with Crippen LogP contribution in [-0.4, -0.2) is 57.0 Å². The summed E-state index contributed by atoms with van der Waals surface area (Å²) in [7, 11) is 0. The minimum Gasteiger partial charge on any atom is -0.481 e. The Kier molecular flexibility index (Phi) is 10.3. The summed E-state index contributed by atoms with van der Waals surface area (Å²) in [6, 6.07) is 8.60. The van der Waals surface area contributed by atoms with E-state index < -0.39 is 47.4 Å². The first-order chi connectivity index (χ1) is 21.1. The summed E-state index contributed by atoms with van der Waals surface area (Å²) in [5.41, 5.74) is 3.34. The molecule has 2 N–H and O–H groups in total. The molecular weight excluding hydrogens is 578 g/mol. The SMILES string of the molecule is Cc1cc(-c2c(C)cccc2C)cc(C(CC(=O)O)NC(=O)C(CC(C)C)n2nc(CCN3CC(C)(F)C3)cc(C)c2=O)c1F. The van der Waals surface area contributed by atoms with Crippen LogP contribution in [0.5, 0.6) is 0 Å². The molecule has 45 heavy (non-hydrogen) atoms. The molecule has 1 aliphatic heterocycles. The summed E-state index contributed by atoms with van der Waals surface area (Å²) in [6.45, 7) is 13.8. The van der Waals surface area contributed by atoms with E-state index in [0.717, 1.165) is 22.3 Å². The Morgan fingerprint density at radius 3 is 2.27 bits per heavy atom. The molecule has 0 saturated carbocycles. The van der Waals surface area contributed by atoms with Gasteiger partial charge in [-0.05, 0) is 93.0 Å². The Bertz CT molecular complexity index is 1620. The van der Waals surface area contributed by atoms with Crippen molar-refractivity contribution in [3.63, 3.8) is 0 Å². The molecule has 4 rings (SSSR count). The van der Waals surface area contributed by atoms with Gasteiger partial charge in [-0.15, -0.1) is 0 Å². The zero-order valence-electron chi connectivity index (χ0n) is 27.2. The van der Waals surface area contributed by atoms with E-state index in [-0.39, 0.29) is 17.9 Å². The van der Waals surface area contributed by atoms with Crippen LogP contribution >= 0.6 is 0 Å². The molecule has 1 amide bonds. The summed E-state index contributed by atoms with van der Waals surface area (Å²) in [5.74, 6) is -2.45. The molecule has 242 valence electrons. The number of carboxylic acid groups (broad SMARTS) is 1. The van der Waals surface area contributed by atoms with Gasteiger partial charge in [0.2, 0.25) is 5.91 Å². The standard InChI is InChI=1S/C35H44F2N4O4/c1-20(2)13-29(41-34(45)24(6)15-26(39-41)11-12-40-18-35(7,37)19-40)33(44)38-28(17-30(42)43)27-16-25(14-23(5)32(27)36)31-21(3)9-8-10-22(31)4/h8-10,14-16,20,28-29H,11-13,17-19H2,1-7H3,(H,38,44)(H,42,43). The van der Waals surface area contributed by atoms with Gasteiger partial charge in [-0.2, -0.15) is 5.10 Å². The third-order valence-electron chi connectivity index (χ3n) is 8.37. The number of halogens is 2. The maximum atomic E-state index is 15.7. The number of aromatic nitrogens is 2. The van der Waals surface area contributed by atoms with E-state index in [1.165, 1.54) is 4.68 Å². The van der Waals surface area contributed by atoms with Crippen molar-refractivity contribution in [2.45, 2.75) is 85.5 Å². The van der Waals surface area contributed by atoms with Gasteiger partial charge < -0.3 is 10.4 Å². The summed E-state index contributed by atoms with van der Waals surface area (Å²) in [6.07, 6.45) is 0.152. The Morgan fingerprint density at radius 1 is 1.04 bits per heavy atom. The molecule has 1 aliphatic rings. The van der Waals surface area contributed by atoms with Crippen molar-refractivity contribution in [2.24, 2.45) is 5.92 Å². The Hall–Kier alpha value is -3.92. The number of hydrogen-bond acceptors (Lipinski definition) is 5. The summed E-state index contributed by atoms with van der Waals surface area (Å²) < 4.78 is 30.9. The van der Waals surface area contributed by atoms with E-state index in [4.69, 9.17) is 0 Å². The number of aryl methyl sites for hydroxylation is 4. The number of nitrogens with one attached hydrogen (secondary N) is 1. The van der Waals surface area contributed by atoms with Gasteiger partial charge in [0.1, 0.15) is 17.5 Å². The van der Waals surface area contributed by atoms with Gasteiger partial charge in [-0.25, -0.2) is 13.5 Å². The molecule has 2 unspecified atom stereocenters. The maximum absolute atomic E-state index is 15.7. The average Bonchev–Trinajstić information content (AvgIpc) is 2.92. The molecule has 2 atom stereocenters. The van der Waals surface area contributed by atoms with Gasteiger partial charge in [-0.3, -0.25) is 19.3 Å². The van der Waals surface area contributed by atoms with Crippen LogP contribution in [0.15, 0.2) is 41.2 Å². The molecule has 1 fully saturated rings. The van der Waals surface area contributed by atoms with E-state index in [2.05, 4.69) is 10.4 Å². The second-order valence-electron chi connectivity index (χ2n) is 13.2. The number of benzene rings is 2. The number of likely N-dealkylation sites (tertiary alicyclic amines) is 1. The molecule has 2 aromatic carbocycles. The fourth-order valence-electron chi connectivity index (χ4n) is 6.27. The Labute approximate surface area is 263 Å². The number of alkyl halides is 1. The highest BCUT2D eigenvalue weighted by atomic mass is 19.1. The summed E-state index contributed by atoms with van der Waals surface area (Å²) in [5, 5.41) is 17.1. The molecule has 0 radical (unpaired) electrons. The van der Waals surface area contributed by atoms with Gasteiger partial charge in [-0.1, -0.05) is 32.0 Å². The summed E-state index contributed by atoms with van der Waals surface area (Å²) >= 11 is 0. The van der Waals surface area contributed by atoms with Crippen LogP contribution in [0.1, 0.15) is 79.2 Å². The lowest BCUT2D eigenvalue weighted by molar-refractivity contribution is -0.138. The van der Waals surface area contributed by atoms with Crippen molar-refractivity contribution in [3.8, 4) is 11.1 Å². The predicted octanol–water partition coefficient (Wildman–Crippen LogP) is 5.79. The van der Waals surface area contributed by atoms with Crippen molar-refractivity contribution < 1.29 is 23.5 Å². The molecule has 10 heteroatoms. The smallest absolute Gasteiger partial charge is 0.305 e. The van der Waals surface area contributed by atoms with Gasteiger partial charge >= 0.3 is 5.97 Å². The molecule has 0 aliphatic carbocycles. The lowest BCUT2D eigenvalue weighted by Gasteiger charge is -2.42. The van der Waals surface area contributed by atoms with E-state index in [1.54, 1.807) is 39.0 Å². The van der Waals surface area contributed by atoms with Crippen molar-refractivity contribution in [1.29, 1.82) is 0 Å². The number of carbonyl (C=O) groups is 2. The van der Waals surface area contributed by atoms with Gasteiger partial charge in [0.25, 0.3) is 5.56 Å². The van der Waals surface area contributed by atoms with Crippen LogP contribution in [0.4, 0.5) is 8.78 Å². The molecule has 3 aromatic rings. The van der Waals surface area contributed by atoms with Crippen molar-refractivity contribution in [1.82, 2.24) is 20.0 Å².